The van der Waals surface area contributed by atoms with Crippen molar-refractivity contribution in [1.29, 1.82) is 0 Å². The first-order valence-corrected chi connectivity index (χ1v) is 3.12. The lowest BCUT2D eigenvalue weighted by Crippen LogP contribution is -2.00. The number of hydrogen-bond donors (Lipinski definition) is 1. The summed E-state index contributed by atoms with van der Waals surface area (Å²) in [5.41, 5.74) is 0.190. The van der Waals surface area contributed by atoms with Crippen molar-refractivity contribution in [3.63, 3.8) is 0 Å². The number of halogens is 1. The molecule has 1 aromatic heterocycles. The summed E-state index contributed by atoms with van der Waals surface area (Å²) < 4.78 is 1.28. The molecule has 9 heavy (non-hydrogen) atoms. The normalized spacial score (nSPS) is 9.44. The first-order valence-electron chi connectivity index (χ1n) is 2.15. The standard InChI is InChI=1S/C4H3IN2O2/c5-7-3(4(8)9)1-2-6-7/h1-2H,(H,8,9). The zero-order valence-electron chi connectivity index (χ0n) is 4.28. The van der Waals surface area contributed by atoms with Crippen molar-refractivity contribution in [2.24, 2.45) is 0 Å². The number of rotatable bonds is 1. The van der Waals surface area contributed by atoms with Gasteiger partial charge in [-0.2, -0.15) is 7.99 Å². The maximum Gasteiger partial charge on any atom is 0.355 e. The minimum Gasteiger partial charge on any atom is -0.476 e. The highest BCUT2D eigenvalue weighted by atomic mass is 127. The molecule has 0 amide bonds. The van der Waals surface area contributed by atoms with Gasteiger partial charge in [-0.15, -0.1) is 0 Å². The highest BCUT2D eigenvalue weighted by Crippen LogP contribution is 2.01. The number of aromatic carboxylic acids is 1. The van der Waals surface area contributed by atoms with Gasteiger partial charge in [-0.1, -0.05) is 0 Å². The van der Waals surface area contributed by atoms with Crippen molar-refractivity contribution in [2.45, 2.75) is 0 Å². The molecule has 0 spiro atoms. The number of hydrogen-bond acceptors (Lipinski definition) is 2. The van der Waals surface area contributed by atoms with E-state index in [-0.39, 0.29) is 5.69 Å². The van der Waals surface area contributed by atoms with Crippen molar-refractivity contribution < 1.29 is 9.90 Å². The summed E-state index contributed by atoms with van der Waals surface area (Å²) in [5, 5.41) is 12.0. The fraction of sp³-hybridized carbons (Fsp3) is 0. The molecule has 1 N–H and O–H groups in total. The smallest absolute Gasteiger partial charge is 0.355 e. The van der Waals surface area contributed by atoms with Crippen LogP contribution in [0.5, 0.6) is 0 Å². The summed E-state index contributed by atoms with van der Waals surface area (Å²) in [6, 6.07) is 1.44. The molecule has 0 unspecified atom stereocenters. The van der Waals surface area contributed by atoms with Crippen LogP contribution in [-0.2, 0) is 0 Å². The molecule has 0 saturated carbocycles. The zero-order chi connectivity index (χ0) is 6.85. The largest absolute Gasteiger partial charge is 0.476 e. The van der Waals surface area contributed by atoms with Gasteiger partial charge in [-0.3, -0.25) is 0 Å². The molecule has 0 atom stereocenters. The average Bonchev–Trinajstić information content (AvgIpc) is 2.13. The maximum atomic E-state index is 10.2. The van der Waals surface area contributed by atoms with Crippen LogP contribution >= 0.6 is 22.9 Å². The maximum absolute atomic E-state index is 10.2. The van der Waals surface area contributed by atoms with Crippen LogP contribution in [0.1, 0.15) is 10.5 Å². The van der Waals surface area contributed by atoms with Crippen LogP contribution in [0.15, 0.2) is 12.3 Å². The van der Waals surface area contributed by atoms with Gasteiger partial charge in [0.1, 0.15) is 0 Å². The second kappa shape index (κ2) is 2.34. The van der Waals surface area contributed by atoms with Crippen LogP contribution in [0.4, 0.5) is 0 Å². The molecule has 0 fully saturated rings. The summed E-state index contributed by atoms with van der Waals surface area (Å²) in [6.07, 6.45) is 1.44. The quantitative estimate of drug-likeness (QED) is 0.735. The highest BCUT2D eigenvalue weighted by Gasteiger charge is 2.06. The number of nitrogens with zero attached hydrogens (tertiary/aromatic N) is 2. The molecule has 1 heterocycles. The molecule has 5 heteroatoms. The number of aromatic nitrogens is 2. The molecule has 1 rings (SSSR count). The van der Waals surface area contributed by atoms with Gasteiger partial charge in [0.05, 0.1) is 29.1 Å². The Morgan fingerprint density at radius 2 is 2.56 bits per heavy atom. The number of carboxylic acid groups (broad SMARTS) is 1. The van der Waals surface area contributed by atoms with Gasteiger partial charge in [-0.25, -0.2) is 4.79 Å². The lowest BCUT2D eigenvalue weighted by molar-refractivity contribution is 0.0690. The van der Waals surface area contributed by atoms with Crippen LogP contribution in [0.3, 0.4) is 0 Å². The molecule has 0 bridgehead atoms. The third-order valence-electron chi connectivity index (χ3n) is 0.818. The minimum absolute atomic E-state index is 0.190. The average molecular weight is 238 g/mol. The van der Waals surface area contributed by atoms with Crippen LogP contribution in [0.2, 0.25) is 0 Å². The van der Waals surface area contributed by atoms with Crippen LogP contribution in [-0.4, -0.2) is 19.1 Å². The molecule has 4 nitrogen and oxygen atoms in total. The summed E-state index contributed by atoms with van der Waals surface area (Å²) in [6.45, 7) is 0. The third kappa shape index (κ3) is 1.21. The van der Waals surface area contributed by atoms with Crippen LogP contribution in [0, 0.1) is 0 Å². The van der Waals surface area contributed by atoms with Gasteiger partial charge >= 0.3 is 5.97 Å². The van der Waals surface area contributed by atoms with Crippen LogP contribution < -0.4 is 0 Å². The lowest BCUT2D eigenvalue weighted by atomic mass is 10.5. The molecule has 0 radical (unpaired) electrons. The van der Waals surface area contributed by atoms with Crippen LogP contribution in [0.25, 0.3) is 0 Å². The van der Waals surface area contributed by atoms with Gasteiger partial charge in [0, 0.05) is 0 Å². The Morgan fingerprint density at radius 1 is 1.89 bits per heavy atom. The van der Waals surface area contributed by atoms with Crippen molar-refractivity contribution in [3.05, 3.63) is 18.0 Å². The second-order valence-corrected chi connectivity index (χ2v) is 2.30. The number of carbonyl (C=O) groups is 1. The van der Waals surface area contributed by atoms with E-state index in [1.54, 1.807) is 22.9 Å². The molecule has 0 aliphatic heterocycles. The lowest BCUT2D eigenvalue weighted by Gasteiger charge is -1.88. The van der Waals surface area contributed by atoms with E-state index in [0.717, 1.165) is 0 Å². The van der Waals surface area contributed by atoms with E-state index in [0.29, 0.717) is 0 Å². The molecule has 48 valence electrons. The van der Waals surface area contributed by atoms with E-state index in [1.807, 2.05) is 0 Å². The predicted molar refractivity (Wildman–Crippen MR) is 38.6 cm³/mol. The molecule has 0 aliphatic rings. The SMILES string of the molecule is O=C(O)c1ccnn1I. The summed E-state index contributed by atoms with van der Waals surface area (Å²) in [7, 11) is 0. The van der Waals surface area contributed by atoms with Gasteiger partial charge in [0.2, 0.25) is 0 Å². The van der Waals surface area contributed by atoms with E-state index in [9.17, 15) is 4.79 Å². The zero-order valence-corrected chi connectivity index (χ0v) is 6.44. The van der Waals surface area contributed by atoms with Crippen molar-refractivity contribution in [2.75, 3.05) is 0 Å². The van der Waals surface area contributed by atoms with E-state index >= 15 is 0 Å². The summed E-state index contributed by atoms with van der Waals surface area (Å²) >= 11 is 1.80. The van der Waals surface area contributed by atoms with Gasteiger partial charge in [-0.05, 0) is 6.07 Å². The fourth-order valence-electron chi connectivity index (χ4n) is 0.436. The molecule has 0 saturated heterocycles. The van der Waals surface area contributed by atoms with Crippen molar-refractivity contribution >= 4 is 28.8 Å². The highest BCUT2D eigenvalue weighted by molar-refractivity contribution is 14.1. The molecule has 0 aromatic carbocycles. The van der Waals surface area contributed by atoms with Gasteiger partial charge < -0.3 is 5.11 Å². The molecular formula is C4H3IN2O2. The Kier molecular flexibility index (Phi) is 1.70. The molecular weight excluding hydrogens is 235 g/mol. The monoisotopic (exact) mass is 238 g/mol. The number of carboxylic acids is 1. The first kappa shape index (κ1) is 6.53. The second-order valence-electron chi connectivity index (χ2n) is 1.38. The Morgan fingerprint density at radius 3 is 2.78 bits per heavy atom. The van der Waals surface area contributed by atoms with Crippen molar-refractivity contribution in [3.8, 4) is 0 Å². The van der Waals surface area contributed by atoms with E-state index in [4.69, 9.17) is 5.11 Å². The first-order chi connectivity index (χ1) is 4.22. The Balaban J connectivity index is 3.08. The molecule has 1 aromatic rings. The molecule has 0 aliphatic carbocycles. The predicted octanol–water partition coefficient (Wildman–Crippen LogP) is 0.779. The third-order valence-corrected chi connectivity index (χ3v) is 1.59. The fourth-order valence-corrected chi connectivity index (χ4v) is 0.947. The van der Waals surface area contributed by atoms with Crippen molar-refractivity contribution in [1.82, 2.24) is 7.99 Å². The summed E-state index contributed by atoms with van der Waals surface area (Å²) in [5.74, 6) is -0.957. The van der Waals surface area contributed by atoms with E-state index < -0.39 is 5.97 Å². The van der Waals surface area contributed by atoms with E-state index in [2.05, 4.69) is 5.10 Å². The Labute approximate surface area is 65.0 Å². The summed E-state index contributed by atoms with van der Waals surface area (Å²) in [4.78, 5) is 10.2. The Hall–Kier alpha value is -0.590. The van der Waals surface area contributed by atoms with Gasteiger partial charge in [0.15, 0.2) is 5.69 Å². The topological polar surface area (TPSA) is 55.1 Å². The minimum atomic E-state index is -0.957. The van der Waals surface area contributed by atoms with E-state index in [1.165, 1.54) is 15.2 Å². The Bertz CT molecular complexity index is 232. The van der Waals surface area contributed by atoms with Gasteiger partial charge in [0.25, 0.3) is 0 Å².